The van der Waals surface area contributed by atoms with Gasteiger partial charge in [0.15, 0.2) is 11.5 Å². The molecule has 1 aromatic heterocycles. The van der Waals surface area contributed by atoms with Gasteiger partial charge in [0.1, 0.15) is 0 Å². The first-order chi connectivity index (χ1) is 18.2. The van der Waals surface area contributed by atoms with E-state index in [2.05, 4.69) is 18.2 Å². The van der Waals surface area contributed by atoms with Gasteiger partial charge in [-0.05, 0) is 22.4 Å². The molecule has 6 rings (SSSR count). The lowest BCUT2D eigenvalue weighted by Gasteiger charge is -2.08. The van der Waals surface area contributed by atoms with Crippen LogP contribution in [0.5, 0.6) is 11.5 Å². The SMILES string of the molecule is O=[N+]([O-])c1cc2c(cc1C=Nn1c(-c3cccc4ccccc34)csc1=NCc1ccccc1)OCO2. The summed E-state index contributed by atoms with van der Waals surface area (Å²) in [6, 6.07) is 27.2. The van der Waals surface area contributed by atoms with E-state index in [0.29, 0.717) is 28.4 Å². The molecular weight excluding hydrogens is 488 g/mol. The minimum Gasteiger partial charge on any atom is -0.454 e. The molecule has 0 amide bonds. The summed E-state index contributed by atoms with van der Waals surface area (Å²) in [6.07, 6.45) is 1.48. The molecule has 4 aromatic carbocycles. The number of ether oxygens (including phenoxy) is 2. The Morgan fingerprint density at radius 1 is 0.973 bits per heavy atom. The van der Waals surface area contributed by atoms with Crippen molar-refractivity contribution < 1.29 is 14.4 Å². The topological polar surface area (TPSA) is 91.2 Å². The molecule has 0 aliphatic carbocycles. The number of nitro groups is 1. The van der Waals surface area contributed by atoms with Crippen molar-refractivity contribution >= 4 is 34.0 Å². The Kier molecular flexibility index (Phi) is 5.95. The highest BCUT2D eigenvalue weighted by atomic mass is 32.1. The van der Waals surface area contributed by atoms with Crippen LogP contribution in [0, 0.1) is 10.1 Å². The van der Waals surface area contributed by atoms with Crippen LogP contribution in [0.25, 0.3) is 22.0 Å². The molecule has 5 aromatic rings. The molecule has 0 fully saturated rings. The summed E-state index contributed by atoms with van der Waals surface area (Å²) < 4.78 is 12.5. The molecule has 0 saturated carbocycles. The van der Waals surface area contributed by atoms with Gasteiger partial charge in [-0.2, -0.15) is 5.10 Å². The van der Waals surface area contributed by atoms with Gasteiger partial charge in [0.25, 0.3) is 5.69 Å². The monoisotopic (exact) mass is 508 g/mol. The zero-order valence-electron chi connectivity index (χ0n) is 19.5. The molecule has 0 spiro atoms. The Morgan fingerprint density at radius 3 is 2.57 bits per heavy atom. The van der Waals surface area contributed by atoms with E-state index < -0.39 is 4.92 Å². The van der Waals surface area contributed by atoms with Crippen molar-refractivity contribution in [2.45, 2.75) is 6.54 Å². The van der Waals surface area contributed by atoms with Gasteiger partial charge in [-0.25, -0.2) is 4.68 Å². The molecule has 0 radical (unpaired) electrons. The zero-order chi connectivity index (χ0) is 25.2. The summed E-state index contributed by atoms with van der Waals surface area (Å²) in [5.74, 6) is 0.799. The predicted molar refractivity (Wildman–Crippen MR) is 143 cm³/mol. The number of rotatable bonds is 6. The van der Waals surface area contributed by atoms with E-state index in [1.807, 2.05) is 60.0 Å². The lowest BCUT2D eigenvalue weighted by molar-refractivity contribution is -0.385. The number of nitrogens with zero attached hydrogens (tertiary/aromatic N) is 4. The molecular formula is C28H20N4O4S. The first kappa shape index (κ1) is 22.7. The highest BCUT2D eigenvalue weighted by Gasteiger charge is 2.22. The predicted octanol–water partition coefficient (Wildman–Crippen LogP) is 5.99. The molecule has 37 heavy (non-hydrogen) atoms. The Labute approximate surface area is 215 Å². The van der Waals surface area contributed by atoms with E-state index >= 15 is 0 Å². The van der Waals surface area contributed by atoms with E-state index in [1.165, 1.54) is 23.6 Å². The molecule has 0 saturated heterocycles. The van der Waals surface area contributed by atoms with Gasteiger partial charge in [0, 0.05) is 10.9 Å². The maximum Gasteiger partial charge on any atom is 0.282 e. The van der Waals surface area contributed by atoms with Gasteiger partial charge in [-0.1, -0.05) is 72.8 Å². The zero-order valence-corrected chi connectivity index (χ0v) is 20.3. The van der Waals surface area contributed by atoms with Gasteiger partial charge in [0.05, 0.1) is 35.0 Å². The molecule has 2 heterocycles. The fraction of sp³-hybridized carbons (Fsp3) is 0.0714. The Morgan fingerprint density at radius 2 is 1.73 bits per heavy atom. The molecule has 0 bridgehead atoms. The van der Waals surface area contributed by atoms with Crippen LogP contribution in [-0.2, 0) is 6.54 Å². The molecule has 1 aliphatic rings. The summed E-state index contributed by atoms with van der Waals surface area (Å²) >= 11 is 1.47. The minimum atomic E-state index is -0.450. The number of hydrogen-bond donors (Lipinski definition) is 0. The molecule has 0 atom stereocenters. The minimum absolute atomic E-state index is 0.0279. The summed E-state index contributed by atoms with van der Waals surface area (Å²) in [5, 5.41) is 20.7. The van der Waals surface area contributed by atoms with Crippen molar-refractivity contribution in [1.82, 2.24) is 4.68 Å². The van der Waals surface area contributed by atoms with Crippen LogP contribution in [0.15, 0.2) is 100 Å². The number of thiazole rings is 1. The van der Waals surface area contributed by atoms with Gasteiger partial charge in [-0.15, -0.1) is 11.3 Å². The van der Waals surface area contributed by atoms with Crippen LogP contribution < -0.4 is 14.3 Å². The van der Waals surface area contributed by atoms with Crippen molar-refractivity contribution in [3.8, 4) is 22.8 Å². The van der Waals surface area contributed by atoms with Crippen molar-refractivity contribution in [2.75, 3.05) is 6.79 Å². The first-order valence-corrected chi connectivity index (χ1v) is 12.4. The van der Waals surface area contributed by atoms with Crippen molar-refractivity contribution in [2.24, 2.45) is 10.1 Å². The Balaban J connectivity index is 1.50. The number of benzene rings is 4. The average molecular weight is 509 g/mol. The van der Waals surface area contributed by atoms with Crippen molar-refractivity contribution in [3.63, 3.8) is 0 Å². The molecule has 8 nitrogen and oxygen atoms in total. The summed E-state index contributed by atoms with van der Waals surface area (Å²) in [7, 11) is 0. The van der Waals surface area contributed by atoms with Crippen LogP contribution in [0.3, 0.4) is 0 Å². The van der Waals surface area contributed by atoms with Crippen molar-refractivity contribution in [3.05, 3.63) is 116 Å². The summed E-state index contributed by atoms with van der Waals surface area (Å²) in [6.45, 7) is 0.510. The van der Waals surface area contributed by atoms with E-state index in [1.54, 1.807) is 10.7 Å². The smallest absolute Gasteiger partial charge is 0.282 e. The third-order valence-electron chi connectivity index (χ3n) is 6.02. The fourth-order valence-electron chi connectivity index (χ4n) is 4.22. The second-order valence-electron chi connectivity index (χ2n) is 8.31. The van der Waals surface area contributed by atoms with Gasteiger partial charge in [0.2, 0.25) is 11.6 Å². The standard InChI is InChI=1S/C28H20N4O4S/c33-32(34)24-14-27-26(35-18-36-27)13-21(24)16-30-31-25(23-12-6-10-20-9-4-5-11-22(20)23)17-37-28(31)29-15-19-7-2-1-3-8-19/h1-14,16-17H,15,18H2. The third-order valence-corrected chi connectivity index (χ3v) is 6.88. The van der Waals surface area contributed by atoms with Crippen LogP contribution in [0.4, 0.5) is 5.69 Å². The van der Waals surface area contributed by atoms with Crippen LogP contribution in [-0.4, -0.2) is 22.6 Å². The highest BCUT2D eigenvalue weighted by molar-refractivity contribution is 7.07. The van der Waals surface area contributed by atoms with E-state index in [9.17, 15) is 10.1 Å². The van der Waals surface area contributed by atoms with E-state index in [-0.39, 0.29) is 12.5 Å². The van der Waals surface area contributed by atoms with Gasteiger partial charge < -0.3 is 9.47 Å². The van der Waals surface area contributed by atoms with Gasteiger partial charge in [-0.3, -0.25) is 15.1 Å². The Hall–Kier alpha value is -4.76. The maximum absolute atomic E-state index is 11.8. The fourth-order valence-corrected chi connectivity index (χ4v) is 5.05. The largest absolute Gasteiger partial charge is 0.454 e. The van der Waals surface area contributed by atoms with Crippen LogP contribution >= 0.6 is 11.3 Å². The maximum atomic E-state index is 11.8. The van der Waals surface area contributed by atoms with Gasteiger partial charge >= 0.3 is 0 Å². The molecule has 0 unspecified atom stereocenters. The normalized spacial score (nSPS) is 13.0. The van der Waals surface area contributed by atoms with Crippen LogP contribution in [0.2, 0.25) is 0 Å². The second-order valence-corrected chi connectivity index (χ2v) is 9.15. The quantitative estimate of drug-likeness (QED) is 0.160. The first-order valence-electron chi connectivity index (χ1n) is 11.5. The van der Waals surface area contributed by atoms with Crippen LogP contribution in [0.1, 0.15) is 11.1 Å². The Bertz CT molecular complexity index is 1720. The molecule has 182 valence electrons. The lowest BCUT2D eigenvalue weighted by Crippen LogP contribution is -2.12. The lowest BCUT2D eigenvalue weighted by atomic mass is 10.0. The van der Waals surface area contributed by atoms with E-state index in [4.69, 9.17) is 19.6 Å². The number of fused-ring (bicyclic) bond motifs is 2. The third kappa shape index (κ3) is 4.48. The molecule has 9 heteroatoms. The molecule has 1 aliphatic heterocycles. The average Bonchev–Trinajstić information content (AvgIpc) is 3.56. The number of nitro benzene ring substituents is 1. The number of hydrogen-bond acceptors (Lipinski definition) is 7. The second kappa shape index (κ2) is 9.71. The molecule has 0 N–H and O–H groups in total. The van der Waals surface area contributed by atoms with Crippen molar-refractivity contribution in [1.29, 1.82) is 0 Å². The summed E-state index contributed by atoms with van der Waals surface area (Å²) in [4.78, 5) is 16.8. The number of aromatic nitrogens is 1. The summed E-state index contributed by atoms with van der Waals surface area (Å²) in [5.41, 5.74) is 3.11. The van der Waals surface area contributed by atoms with E-state index in [0.717, 1.165) is 27.6 Å². The highest BCUT2D eigenvalue weighted by Crippen LogP contribution is 2.37.